The summed E-state index contributed by atoms with van der Waals surface area (Å²) in [7, 11) is 3.23. The zero-order valence-electron chi connectivity index (χ0n) is 14.9. The third kappa shape index (κ3) is 4.25. The molecule has 0 radical (unpaired) electrons. The Hall–Kier alpha value is -1.79. The summed E-state index contributed by atoms with van der Waals surface area (Å²) < 4.78 is 11.8. The average Bonchev–Trinajstić information content (AvgIpc) is 3.03. The van der Waals surface area contributed by atoms with Gasteiger partial charge in [0.1, 0.15) is 16.4 Å². The minimum Gasteiger partial charge on any atom is -0.497 e. The van der Waals surface area contributed by atoms with Crippen molar-refractivity contribution in [2.24, 2.45) is 0 Å². The van der Waals surface area contributed by atoms with Crippen LogP contribution in [0.25, 0.3) is 10.1 Å². The molecule has 1 aromatic carbocycles. The van der Waals surface area contributed by atoms with E-state index in [4.69, 9.17) is 9.47 Å². The highest BCUT2D eigenvalue weighted by molar-refractivity contribution is 7.21. The number of nitrogens with one attached hydrogen (secondary N) is 2. The van der Waals surface area contributed by atoms with Gasteiger partial charge in [-0.2, -0.15) is 0 Å². The van der Waals surface area contributed by atoms with Crippen LogP contribution in [0.2, 0.25) is 0 Å². The second-order valence-electron chi connectivity index (χ2n) is 6.37. The third-order valence-electron chi connectivity index (χ3n) is 4.71. The van der Waals surface area contributed by atoms with Crippen LogP contribution in [0.1, 0.15) is 41.8 Å². The predicted octanol–water partition coefficient (Wildman–Crippen LogP) is 3.57. The van der Waals surface area contributed by atoms with E-state index in [9.17, 15) is 4.79 Å². The minimum absolute atomic E-state index is 0.0811. The van der Waals surface area contributed by atoms with Crippen molar-refractivity contribution in [3.05, 3.63) is 23.1 Å². The molecule has 2 N–H and O–H groups in total. The Morgan fingerprint density at radius 3 is 2.68 bits per heavy atom. The monoisotopic (exact) mass is 362 g/mol. The zero-order valence-corrected chi connectivity index (χ0v) is 15.7. The number of methoxy groups -OCH3 is 2. The molecule has 1 fully saturated rings. The summed E-state index contributed by atoms with van der Waals surface area (Å²) in [5.74, 6) is 1.30. The predicted molar refractivity (Wildman–Crippen MR) is 102 cm³/mol. The van der Waals surface area contributed by atoms with Crippen LogP contribution in [0.4, 0.5) is 0 Å². The normalized spacial score (nSPS) is 15.3. The Kier molecular flexibility index (Phi) is 6.15. The van der Waals surface area contributed by atoms with Crippen LogP contribution in [0.15, 0.2) is 18.2 Å². The molecule has 1 amide bonds. The molecule has 1 saturated carbocycles. The SMILES string of the molecule is COc1ccc2sc(C(=O)NCCNC3CCCCC3)c(OC)c2c1. The van der Waals surface area contributed by atoms with Crippen molar-refractivity contribution < 1.29 is 14.3 Å². The molecule has 6 heteroatoms. The molecule has 1 aliphatic rings. The topological polar surface area (TPSA) is 59.6 Å². The molecule has 1 aromatic heterocycles. The molecular weight excluding hydrogens is 336 g/mol. The Morgan fingerprint density at radius 2 is 1.96 bits per heavy atom. The Morgan fingerprint density at radius 1 is 1.16 bits per heavy atom. The largest absolute Gasteiger partial charge is 0.497 e. The molecule has 0 bridgehead atoms. The average molecular weight is 362 g/mol. The van der Waals surface area contributed by atoms with E-state index >= 15 is 0 Å². The lowest BCUT2D eigenvalue weighted by Gasteiger charge is -2.22. The number of rotatable bonds is 7. The molecule has 136 valence electrons. The molecule has 2 aromatic rings. The van der Waals surface area contributed by atoms with Gasteiger partial charge in [0.05, 0.1) is 14.2 Å². The van der Waals surface area contributed by atoms with Crippen LogP contribution >= 0.6 is 11.3 Å². The van der Waals surface area contributed by atoms with Gasteiger partial charge in [0.15, 0.2) is 0 Å². The fourth-order valence-corrected chi connectivity index (χ4v) is 4.44. The highest BCUT2D eigenvalue weighted by Crippen LogP contribution is 2.39. The van der Waals surface area contributed by atoms with Crippen molar-refractivity contribution in [2.75, 3.05) is 27.3 Å². The standard InChI is InChI=1S/C19H26N2O3S/c1-23-14-8-9-16-15(12-14)17(24-2)18(25-16)19(22)21-11-10-20-13-6-4-3-5-7-13/h8-9,12-13,20H,3-7,10-11H2,1-2H3,(H,21,22). The van der Waals surface area contributed by atoms with E-state index in [2.05, 4.69) is 10.6 Å². The van der Waals surface area contributed by atoms with Crippen molar-refractivity contribution in [3.63, 3.8) is 0 Å². The van der Waals surface area contributed by atoms with Crippen molar-refractivity contribution in [1.29, 1.82) is 0 Å². The van der Waals surface area contributed by atoms with Gasteiger partial charge in [-0.15, -0.1) is 11.3 Å². The molecular formula is C19H26N2O3S. The lowest BCUT2D eigenvalue weighted by molar-refractivity contribution is 0.0955. The van der Waals surface area contributed by atoms with E-state index in [0.29, 0.717) is 23.2 Å². The van der Waals surface area contributed by atoms with Gasteiger partial charge in [-0.3, -0.25) is 4.79 Å². The summed E-state index contributed by atoms with van der Waals surface area (Å²) in [5, 5.41) is 7.45. The number of carbonyl (C=O) groups is 1. The smallest absolute Gasteiger partial charge is 0.265 e. The van der Waals surface area contributed by atoms with Crippen LogP contribution in [0.5, 0.6) is 11.5 Å². The fourth-order valence-electron chi connectivity index (χ4n) is 3.37. The summed E-state index contributed by atoms with van der Waals surface area (Å²) in [6, 6.07) is 6.38. The number of benzene rings is 1. The Labute approximate surface area is 152 Å². The second-order valence-corrected chi connectivity index (χ2v) is 7.42. The van der Waals surface area contributed by atoms with Crippen LogP contribution in [0.3, 0.4) is 0 Å². The number of carbonyl (C=O) groups excluding carboxylic acids is 1. The summed E-state index contributed by atoms with van der Waals surface area (Å²) >= 11 is 1.45. The first-order chi connectivity index (χ1) is 12.2. The molecule has 0 aliphatic heterocycles. The van der Waals surface area contributed by atoms with Gasteiger partial charge in [0, 0.05) is 29.2 Å². The maximum absolute atomic E-state index is 12.6. The Balaban J connectivity index is 1.61. The van der Waals surface area contributed by atoms with E-state index in [0.717, 1.165) is 22.4 Å². The number of hydrogen-bond acceptors (Lipinski definition) is 5. The van der Waals surface area contributed by atoms with E-state index in [1.807, 2.05) is 18.2 Å². The van der Waals surface area contributed by atoms with Gasteiger partial charge >= 0.3 is 0 Å². The van der Waals surface area contributed by atoms with Crippen LogP contribution in [-0.4, -0.2) is 39.3 Å². The molecule has 0 atom stereocenters. The number of ether oxygens (including phenoxy) is 2. The molecule has 1 heterocycles. The summed E-state index contributed by atoms with van der Waals surface area (Å²) in [6.07, 6.45) is 6.48. The van der Waals surface area contributed by atoms with Crippen LogP contribution in [-0.2, 0) is 0 Å². The summed E-state index contributed by atoms with van der Waals surface area (Å²) in [4.78, 5) is 13.2. The van der Waals surface area contributed by atoms with Crippen LogP contribution < -0.4 is 20.1 Å². The second kappa shape index (κ2) is 8.54. The van der Waals surface area contributed by atoms with E-state index in [1.54, 1.807) is 14.2 Å². The van der Waals surface area contributed by atoms with Gasteiger partial charge in [-0.25, -0.2) is 0 Å². The quantitative estimate of drug-likeness (QED) is 0.739. The van der Waals surface area contributed by atoms with Gasteiger partial charge in [0.25, 0.3) is 5.91 Å². The first-order valence-electron chi connectivity index (χ1n) is 8.89. The van der Waals surface area contributed by atoms with Gasteiger partial charge < -0.3 is 20.1 Å². The maximum atomic E-state index is 12.6. The van der Waals surface area contributed by atoms with E-state index in [-0.39, 0.29) is 5.91 Å². The fraction of sp³-hybridized carbons (Fsp3) is 0.526. The van der Waals surface area contributed by atoms with E-state index in [1.165, 1.54) is 43.4 Å². The van der Waals surface area contributed by atoms with Crippen molar-refractivity contribution in [2.45, 2.75) is 38.1 Å². The maximum Gasteiger partial charge on any atom is 0.265 e. The minimum atomic E-state index is -0.0811. The van der Waals surface area contributed by atoms with E-state index < -0.39 is 0 Å². The molecule has 5 nitrogen and oxygen atoms in total. The molecule has 1 aliphatic carbocycles. The van der Waals surface area contributed by atoms with Crippen molar-refractivity contribution >= 4 is 27.3 Å². The lowest BCUT2D eigenvalue weighted by Crippen LogP contribution is -2.37. The number of hydrogen-bond donors (Lipinski definition) is 2. The first-order valence-corrected chi connectivity index (χ1v) is 9.70. The highest BCUT2D eigenvalue weighted by Gasteiger charge is 2.20. The summed E-state index contributed by atoms with van der Waals surface area (Å²) in [5.41, 5.74) is 0. The molecule has 25 heavy (non-hydrogen) atoms. The molecule has 3 rings (SSSR count). The highest BCUT2D eigenvalue weighted by atomic mass is 32.1. The van der Waals surface area contributed by atoms with Gasteiger partial charge in [0.2, 0.25) is 0 Å². The lowest BCUT2D eigenvalue weighted by atomic mass is 9.95. The van der Waals surface area contributed by atoms with Crippen molar-refractivity contribution in [3.8, 4) is 11.5 Å². The first kappa shape index (κ1) is 18.0. The molecule has 0 spiro atoms. The third-order valence-corrected chi connectivity index (χ3v) is 5.86. The number of fused-ring (bicyclic) bond motifs is 1. The van der Waals surface area contributed by atoms with Crippen molar-refractivity contribution in [1.82, 2.24) is 10.6 Å². The van der Waals surface area contributed by atoms with Crippen LogP contribution in [0, 0.1) is 0 Å². The molecule has 0 saturated heterocycles. The Bertz CT molecular complexity index is 723. The zero-order chi connectivity index (χ0) is 17.6. The summed E-state index contributed by atoms with van der Waals surface area (Å²) in [6.45, 7) is 1.42. The van der Waals surface area contributed by atoms with Gasteiger partial charge in [-0.05, 0) is 31.0 Å². The number of thiophene rings is 1. The molecule has 0 unspecified atom stereocenters. The van der Waals surface area contributed by atoms with Gasteiger partial charge in [-0.1, -0.05) is 19.3 Å². The number of amides is 1.